The van der Waals surface area contributed by atoms with Gasteiger partial charge in [-0.15, -0.1) is 0 Å². The molecule has 1 rings (SSSR count). The number of pyridine rings is 1. The maximum atomic E-state index is 11.4. The van der Waals surface area contributed by atoms with E-state index in [1.165, 1.54) is 6.20 Å². The Bertz CT molecular complexity index is 359. The number of amides is 1. The normalized spacial score (nSPS) is 9.67. The summed E-state index contributed by atoms with van der Waals surface area (Å²) in [5.74, 6) is -1.24. The van der Waals surface area contributed by atoms with Crippen molar-refractivity contribution >= 4 is 11.9 Å². The van der Waals surface area contributed by atoms with Crippen LogP contribution in [0.1, 0.15) is 22.5 Å². The van der Waals surface area contributed by atoms with Gasteiger partial charge in [0.25, 0.3) is 5.91 Å². The van der Waals surface area contributed by atoms with Crippen LogP contribution in [0.2, 0.25) is 0 Å². The van der Waals surface area contributed by atoms with E-state index in [4.69, 9.17) is 5.11 Å². The zero-order chi connectivity index (χ0) is 11.3. The van der Waals surface area contributed by atoms with Crippen molar-refractivity contribution < 1.29 is 14.7 Å². The summed E-state index contributed by atoms with van der Waals surface area (Å²) in [4.78, 5) is 25.6. The van der Waals surface area contributed by atoms with Gasteiger partial charge >= 0.3 is 5.97 Å². The number of carbonyl (C=O) groups excluding carboxylic acids is 1. The van der Waals surface area contributed by atoms with Crippen molar-refractivity contribution in [2.45, 2.75) is 13.3 Å². The Hall–Kier alpha value is -1.91. The van der Waals surface area contributed by atoms with Crippen LogP contribution in [0.3, 0.4) is 0 Å². The predicted molar refractivity (Wildman–Crippen MR) is 53.6 cm³/mol. The number of hydrogen-bond acceptors (Lipinski definition) is 3. The molecule has 5 nitrogen and oxygen atoms in total. The summed E-state index contributed by atoms with van der Waals surface area (Å²) in [6.45, 7) is 1.95. The van der Waals surface area contributed by atoms with Gasteiger partial charge in [0.1, 0.15) is 0 Å². The number of carbonyl (C=O) groups is 2. The first kappa shape index (κ1) is 11.2. The molecule has 0 aromatic carbocycles. The fourth-order valence-corrected chi connectivity index (χ4v) is 0.987. The van der Waals surface area contributed by atoms with Gasteiger partial charge in [0.15, 0.2) is 0 Å². The van der Waals surface area contributed by atoms with Crippen molar-refractivity contribution in [2.24, 2.45) is 0 Å². The molecule has 0 unspecified atom stereocenters. The molecule has 0 atom stereocenters. The number of hydrogen-bond donors (Lipinski definition) is 2. The van der Waals surface area contributed by atoms with Crippen molar-refractivity contribution in [3.63, 3.8) is 0 Å². The van der Waals surface area contributed by atoms with Crippen molar-refractivity contribution in [2.75, 3.05) is 6.54 Å². The molecule has 0 saturated carbocycles. The van der Waals surface area contributed by atoms with Crippen molar-refractivity contribution in [1.29, 1.82) is 0 Å². The molecule has 0 spiro atoms. The van der Waals surface area contributed by atoms with E-state index in [9.17, 15) is 9.59 Å². The molecule has 1 aromatic rings. The van der Waals surface area contributed by atoms with Crippen molar-refractivity contribution in [3.8, 4) is 0 Å². The highest BCUT2D eigenvalue weighted by atomic mass is 16.4. The smallest absolute Gasteiger partial charge is 0.305 e. The lowest BCUT2D eigenvalue weighted by atomic mass is 10.2. The van der Waals surface area contributed by atoms with Gasteiger partial charge in [-0.3, -0.25) is 14.6 Å². The first-order valence-corrected chi connectivity index (χ1v) is 4.52. The maximum absolute atomic E-state index is 11.4. The minimum absolute atomic E-state index is 0.0783. The van der Waals surface area contributed by atoms with Crippen molar-refractivity contribution in [3.05, 3.63) is 29.6 Å². The first-order chi connectivity index (χ1) is 7.09. The van der Waals surface area contributed by atoms with E-state index < -0.39 is 5.97 Å². The van der Waals surface area contributed by atoms with Crippen molar-refractivity contribution in [1.82, 2.24) is 10.3 Å². The summed E-state index contributed by atoms with van der Waals surface area (Å²) in [7, 11) is 0. The van der Waals surface area contributed by atoms with Crippen LogP contribution in [0.25, 0.3) is 0 Å². The average molecular weight is 208 g/mol. The van der Waals surface area contributed by atoms with Gasteiger partial charge in [0.05, 0.1) is 12.0 Å². The summed E-state index contributed by atoms with van der Waals surface area (Å²) in [5, 5.41) is 10.9. The fraction of sp³-hybridized carbons (Fsp3) is 0.300. The lowest BCUT2D eigenvalue weighted by Crippen LogP contribution is -2.26. The van der Waals surface area contributed by atoms with Crippen LogP contribution in [-0.2, 0) is 4.79 Å². The Morgan fingerprint density at radius 3 is 2.73 bits per heavy atom. The number of carboxylic acid groups (broad SMARTS) is 1. The Morgan fingerprint density at radius 1 is 1.47 bits per heavy atom. The molecular formula is C10H12N2O3. The third-order valence-corrected chi connectivity index (χ3v) is 1.80. The standard InChI is InChI=1S/C10H12N2O3/c1-7-2-3-8(6-12-7)10(15)11-5-4-9(13)14/h2-3,6H,4-5H2,1H3,(H,11,15)(H,13,14). The number of aromatic nitrogens is 1. The van der Waals surface area contributed by atoms with E-state index in [-0.39, 0.29) is 18.9 Å². The van der Waals surface area contributed by atoms with E-state index in [1.54, 1.807) is 12.1 Å². The minimum Gasteiger partial charge on any atom is -0.481 e. The molecule has 0 fully saturated rings. The zero-order valence-electron chi connectivity index (χ0n) is 8.36. The zero-order valence-corrected chi connectivity index (χ0v) is 8.36. The van der Waals surface area contributed by atoms with Gasteiger partial charge in [-0.2, -0.15) is 0 Å². The second-order valence-electron chi connectivity index (χ2n) is 3.09. The largest absolute Gasteiger partial charge is 0.481 e. The highest BCUT2D eigenvalue weighted by Gasteiger charge is 2.05. The molecule has 0 aliphatic carbocycles. The van der Waals surface area contributed by atoms with E-state index in [0.29, 0.717) is 5.56 Å². The Labute approximate surface area is 87.1 Å². The average Bonchev–Trinajstić information content (AvgIpc) is 2.18. The van der Waals surface area contributed by atoms with E-state index in [2.05, 4.69) is 10.3 Å². The van der Waals surface area contributed by atoms with Gasteiger partial charge in [0.2, 0.25) is 0 Å². The number of aryl methyl sites for hydroxylation is 1. The van der Waals surface area contributed by atoms with E-state index in [0.717, 1.165) is 5.69 Å². The molecule has 15 heavy (non-hydrogen) atoms. The van der Waals surface area contributed by atoms with Gasteiger partial charge in [-0.05, 0) is 19.1 Å². The summed E-state index contributed by atoms with van der Waals surface area (Å²) in [5.41, 5.74) is 1.27. The molecular weight excluding hydrogens is 196 g/mol. The third kappa shape index (κ3) is 3.76. The van der Waals surface area contributed by atoms with Crippen LogP contribution < -0.4 is 5.32 Å². The Morgan fingerprint density at radius 2 is 2.20 bits per heavy atom. The Balaban J connectivity index is 2.47. The third-order valence-electron chi connectivity index (χ3n) is 1.80. The number of aliphatic carboxylic acids is 1. The number of rotatable bonds is 4. The van der Waals surface area contributed by atoms with Crippen LogP contribution in [0.5, 0.6) is 0 Å². The van der Waals surface area contributed by atoms with Gasteiger partial charge in [-0.1, -0.05) is 0 Å². The van der Waals surface area contributed by atoms with Gasteiger partial charge in [0, 0.05) is 18.4 Å². The molecule has 5 heteroatoms. The number of nitrogens with zero attached hydrogens (tertiary/aromatic N) is 1. The summed E-state index contributed by atoms with van der Waals surface area (Å²) >= 11 is 0. The second-order valence-corrected chi connectivity index (χ2v) is 3.09. The molecule has 0 radical (unpaired) electrons. The topological polar surface area (TPSA) is 79.3 Å². The van der Waals surface area contributed by atoms with Gasteiger partial charge < -0.3 is 10.4 Å². The van der Waals surface area contributed by atoms with Crippen LogP contribution in [-0.4, -0.2) is 28.5 Å². The second kappa shape index (κ2) is 5.09. The molecule has 0 saturated heterocycles. The number of nitrogens with one attached hydrogen (secondary N) is 1. The van der Waals surface area contributed by atoms with Crippen LogP contribution in [0.4, 0.5) is 0 Å². The van der Waals surface area contributed by atoms with E-state index in [1.807, 2.05) is 6.92 Å². The highest BCUT2D eigenvalue weighted by molar-refractivity contribution is 5.93. The van der Waals surface area contributed by atoms with Crippen LogP contribution in [0.15, 0.2) is 18.3 Å². The quantitative estimate of drug-likeness (QED) is 0.759. The van der Waals surface area contributed by atoms with Crippen LogP contribution >= 0.6 is 0 Å². The summed E-state index contributed by atoms with van der Waals surface area (Å²) < 4.78 is 0. The van der Waals surface area contributed by atoms with Gasteiger partial charge in [-0.25, -0.2) is 0 Å². The highest BCUT2D eigenvalue weighted by Crippen LogP contribution is 1.98. The molecule has 0 bridgehead atoms. The van der Waals surface area contributed by atoms with Crippen LogP contribution in [0, 0.1) is 6.92 Å². The molecule has 0 aliphatic heterocycles. The molecule has 1 aromatic heterocycles. The van der Waals surface area contributed by atoms with E-state index >= 15 is 0 Å². The minimum atomic E-state index is -0.933. The number of carboxylic acids is 1. The molecule has 1 amide bonds. The summed E-state index contributed by atoms with van der Waals surface area (Å²) in [6, 6.07) is 3.38. The summed E-state index contributed by atoms with van der Waals surface area (Å²) in [6.07, 6.45) is 1.39. The first-order valence-electron chi connectivity index (χ1n) is 4.52. The SMILES string of the molecule is Cc1ccc(C(=O)NCCC(=O)O)cn1. The maximum Gasteiger partial charge on any atom is 0.305 e. The lowest BCUT2D eigenvalue weighted by Gasteiger charge is -2.02. The molecule has 1 heterocycles. The fourth-order valence-electron chi connectivity index (χ4n) is 0.987. The lowest BCUT2D eigenvalue weighted by molar-refractivity contribution is -0.136. The monoisotopic (exact) mass is 208 g/mol. The Kier molecular flexibility index (Phi) is 3.79. The molecule has 2 N–H and O–H groups in total. The molecule has 80 valence electrons. The molecule has 0 aliphatic rings. The predicted octanol–water partition coefficient (Wildman–Crippen LogP) is 0.595.